The van der Waals surface area contributed by atoms with Gasteiger partial charge in [-0.2, -0.15) is 11.8 Å². The van der Waals surface area contributed by atoms with Crippen molar-refractivity contribution in [3.05, 3.63) is 36.3 Å². The number of hydrogen-bond acceptors (Lipinski definition) is 3. The Morgan fingerprint density at radius 1 is 1.44 bits per heavy atom. The lowest BCUT2D eigenvalue weighted by molar-refractivity contribution is 0.533. The lowest BCUT2D eigenvalue weighted by Gasteiger charge is -2.11. The molecule has 0 fully saturated rings. The molecule has 0 aromatic carbocycles. The Hall–Kier alpha value is -1.00. The first-order valence-electron chi connectivity index (χ1n) is 6.53. The van der Waals surface area contributed by atoms with Crippen LogP contribution in [0.3, 0.4) is 0 Å². The number of nitrogens with one attached hydrogen (secondary N) is 1. The second kappa shape index (κ2) is 6.81. The summed E-state index contributed by atoms with van der Waals surface area (Å²) in [6.07, 6.45) is 5.34. The highest BCUT2D eigenvalue weighted by Gasteiger charge is 2.04. The van der Waals surface area contributed by atoms with E-state index in [1.807, 2.05) is 36.2 Å². The highest BCUT2D eigenvalue weighted by atomic mass is 32.2. The number of hydrogen-bond donors (Lipinski definition) is 1. The average Bonchev–Trinajstić information content (AvgIpc) is 2.79. The van der Waals surface area contributed by atoms with Crippen molar-refractivity contribution in [2.75, 3.05) is 11.5 Å². The van der Waals surface area contributed by atoms with Crippen LogP contribution in [0, 0.1) is 0 Å². The zero-order valence-electron chi connectivity index (χ0n) is 11.1. The van der Waals surface area contributed by atoms with E-state index in [1.54, 1.807) is 0 Å². The largest absolute Gasteiger partial charge is 0.309 e. The molecule has 4 heteroatoms. The molecule has 0 bridgehead atoms. The van der Waals surface area contributed by atoms with Crippen molar-refractivity contribution in [2.45, 2.75) is 32.9 Å². The van der Waals surface area contributed by atoms with Gasteiger partial charge in [0.05, 0.1) is 5.69 Å². The van der Waals surface area contributed by atoms with Crippen molar-refractivity contribution in [1.29, 1.82) is 0 Å². The molecular formula is C14H21N3S. The predicted molar refractivity (Wildman–Crippen MR) is 79.1 cm³/mol. The first kappa shape index (κ1) is 13.4. The van der Waals surface area contributed by atoms with E-state index >= 15 is 0 Å². The van der Waals surface area contributed by atoms with Gasteiger partial charge in [0.1, 0.15) is 5.65 Å². The minimum atomic E-state index is 0.550. The average molecular weight is 263 g/mol. The van der Waals surface area contributed by atoms with Crippen LogP contribution >= 0.6 is 11.8 Å². The van der Waals surface area contributed by atoms with E-state index in [-0.39, 0.29) is 0 Å². The van der Waals surface area contributed by atoms with Gasteiger partial charge >= 0.3 is 0 Å². The molecule has 0 radical (unpaired) electrons. The summed E-state index contributed by atoms with van der Waals surface area (Å²) in [5.74, 6) is 2.44. The van der Waals surface area contributed by atoms with Crippen LogP contribution in [0.4, 0.5) is 0 Å². The van der Waals surface area contributed by atoms with Crippen molar-refractivity contribution < 1.29 is 0 Å². The summed E-state index contributed by atoms with van der Waals surface area (Å²) in [7, 11) is 0. The summed E-state index contributed by atoms with van der Waals surface area (Å²) in [6.45, 7) is 5.30. The van der Waals surface area contributed by atoms with Crippen LogP contribution in [-0.2, 0) is 6.54 Å². The maximum absolute atomic E-state index is 4.58. The van der Waals surface area contributed by atoms with Gasteiger partial charge < -0.3 is 9.72 Å². The molecule has 1 atom stereocenters. The van der Waals surface area contributed by atoms with Crippen LogP contribution in [0.25, 0.3) is 5.65 Å². The summed E-state index contributed by atoms with van der Waals surface area (Å²) in [6, 6.07) is 6.62. The van der Waals surface area contributed by atoms with Crippen LogP contribution in [0.15, 0.2) is 30.6 Å². The van der Waals surface area contributed by atoms with Crippen molar-refractivity contribution >= 4 is 17.4 Å². The van der Waals surface area contributed by atoms with E-state index < -0.39 is 0 Å². The molecule has 1 unspecified atom stereocenters. The molecule has 2 aromatic heterocycles. The Balaban J connectivity index is 1.82. The standard InChI is InChI=1S/C14H21N3S/c1-3-18-9-7-12(2)15-10-13-11-17-8-5-4-6-14(17)16-13/h4-6,8,11-12,15H,3,7,9-10H2,1-2H3. The van der Waals surface area contributed by atoms with Gasteiger partial charge in [0.2, 0.25) is 0 Å². The fourth-order valence-corrected chi connectivity index (χ4v) is 2.67. The van der Waals surface area contributed by atoms with E-state index in [1.165, 1.54) is 17.9 Å². The lowest BCUT2D eigenvalue weighted by atomic mass is 10.2. The van der Waals surface area contributed by atoms with Crippen molar-refractivity contribution in [1.82, 2.24) is 14.7 Å². The number of nitrogens with zero attached hydrogens (tertiary/aromatic N) is 2. The van der Waals surface area contributed by atoms with Gasteiger partial charge in [0.15, 0.2) is 0 Å². The maximum Gasteiger partial charge on any atom is 0.137 e. The minimum Gasteiger partial charge on any atom is -0.309 e. The van der Waals surface area contributed by atoms with E-state index in [0.29, 0.717) is 6.04 Å². The molecule has 0 saturated heterocycles. The molecule has 2 aromatic rings. The molecule has 18 heavy (non-hydrogen) atoms. The third kappa shape index (κ3) is 3.75. The van der Waals surface area contributed by atoms with Gasteiger partial charge in [-0.05, 0) is 37.0 Å². The summed E-state index contributed by atoms with van der Waals surface area (Å²) < 4.78 is 2.06. The Morgan fingerprint density at radius 2 is 2.33 bits per heavy atom. The quantitative estimate of drug-likeness (QED) is 0.779. The summed E-state index contributed by atoms with van der Waals surface area (Å²) in [5, 5.41) is 3.53. The molecule has 3 nitrogen and oxygen atoms in total. The fraction of sp³-hybridized carbons (Fsp3) is 0.500. The summed E-state index contributed by atoms with van der Waals surface area (Å²) in [4.78, 5) is 4.58. The number of thioether (sulfide) groups is 1. The molecule has 1 N–H and O–H groups in total. The third-order valence-corrected chi connectivity index (χ3v) is 3.88. The van der Waals surface area contributed by atoms with Crippen LogP contribution in [0.2, 0.25) is 0 Å². The number of imidazole rings is 1. The second-order valence-corrected chi connectivity index (χ2v) is 5.86. The molecule has 0 aliphatic rings. The maximum atomic E-state index is 4.58. The molecule has 0 aliphatic carbocycles. The molecule has 98 valence electrons. The van der Waals surface area contributed by atoms with Crippen molar-refractivity contribution in [3.63, 3.8) is 0 Å². The second-order valence-electron chi connectivity index (χ2n) is 4.47. The van der Waals surface area contributed by atoms with Crippen LogP contribution in [-0.4, -0.2) is 26.9 Å². The number of rotatable bonds is 7. The molecular weight excluding hydrogens is 242 g/mol. The van der Waals surface area contributed by atoms with Gasteiger partial charge in [0, 0.05) is 25.0 Å². The monoisotopic (exact) mass is 263 g/mol. The fourth-order valence-electron chi connectivity index (χ4n) is 1.86. The molecule has 2 heterocycles. The van der Waals surface area contributed by atoms with Gasteiger partial charge in [0.25, 0.3) is 0 Å². The van der Waals surface area contributed by atoms with Crippen LogP contribution in [0.1, 0.15) is 26.0 Å². The normalized spacial score (nSPS) is 13.0. The van der Waals surface area contributed by atoms with E-state index in [0.717, 1.165) is 17.9 Å². The van der Waals surface area contributed by atoms with E-state index in [4.69, 9.17) is 0 Å². The molecule has 0 spiro atoms. The highest BCUT2D eigenvalue weighted by Crippen LogP contribution is 2.06. The summed E-state index contributed by atoms with van der Waals surface area (Å²) >= 11 is 2.00. The minimum absolute atomic E-state index is 0.550. The van der Waals surface area contributed by atoms with Crippen molar-refractivity contribution in [3.8, 4) is 0 Å². The molecule has 0 saturated carbocycles. The summed E-state index contributed by atoms with van der Waals surface area (Å²) in [5.41, 5.74) is 2.12. The van der Waals surface area contributed by atoms with Crippen molar-refractivity contribution in [2.24, 2.45) is 0 Å². The first-order chi connectivity index (χ1) is 8.79. The Morgan fingerprint density at radius 3 is 3.11 bits per heavy atom. The molecule has 2 rings (SSSR count). The van der Waals surface area contributed by atoms with Gasteiger partial charge in [-0.25, -0.2) is 4.98 Å². The third-order valence-electron chi connectivity index (χ3n) is 2.94. The zero-order valence-corrected chi connectivity index (χ0v) is 11.9. The van der Waals surface area contributed by atoms with Crippen LogP contribution in [0.5, 0.6) is 0 Å². The van der Waals surface area contributed by atoms with Crippen LogP contribution < -0.4 is 5.32 Å². The number of fused-ring (bicyclic) bond motifs is 1. The topological polar surface area (TPSA) is 29.3 Å². The zero-order chi connectivity index (χ0) is 12.8. The number of aromatic nitrogens is 2. The van der Waals surface area contributed by atoms with E-state index in [2.05, 4.69) is 34.7 Å². The molecule has 0 amide bonds. The Bertz CT molecular complexity index is 448. The highest BCUT2D eigenvalue weighted by molar-refractivity contribution is 7.99. The smallest absolute Gasteiger partial charge is 0.137 e. The van der Waals surface area contributed by atoms with Gasteiger partial charge in [-0.1, -0.05) is 13.0 Å². The predicted octanol–water partition coefficient (Wildman–Crippen LogP) is 2.96. The SMILES string of the molecule is CCSCCC(C)NCc1cn2ccccc2n1. The Kier molecular flexibility index (Phi) is 5.08. The number of pyridine rings is 1. The first-order valence-corrected chi connectivity index (χ1v) is 7.69. The van der Waals surface area contributed by atoms with E-state index in [9.17, 15) is 0 Å². The molecule has 0 aliphatic heterocycles. The van der Waals surface area contributed by atoms with Gasteiger partial charge in [-0.15, -0.1) is 0 Å². The lowest BCUT2D eigenvalue weighted by Crippen LogP contribution is -2.26. The van der Waals surface area contributed by atoms with Gasteiger partial charge in [-0.3, -0.25) is 0 Å². The Labute approximate surface area is 113 Å².